The molecular formula is C21H18F3N3O2. The summed E-state index contributed by atoms with van der Waals surface area (Å²) < 4.78 is 43.7. The SMILES string of the molecule is O=C(COc1cccc(C(F)(F)F)c1)N1CCc2[nH]nc(-c3ccccc3)c2C1. The predicted molar refractivity (Wildman–Crippen MR) is 100 cm³/mol. The van der Waals surface area contributed by atoms with Gasteiger partial charge in [0.2, 0.25) is 0 Å². The second kappa shape index (κ2) is 7.62. The zero-order chi connectivity index (χ0) is 20.4. The van der Waals surface area contributed by atoms with Crippen molar-refractivity contribution in [3.63, 3.8) is 0 Å². The highest BCUT2D eigenvalue weighted by atomic mass is 19.4. The average molecular weight is 401 g/mol. The van der Waals surface area contributed by atoms with E-state index in [1.165, 1.54) is 12.1 Å². The van der Waals surface area contributed by atoms with Crippen molar-refractivity contribution in [3.8, 4) is 17.0 Å². The van der Waals surface area contributed by atoms with Crippen molar-refractivity contribution in [2.45, 2.75) is 19.1 Å². The summed E-state index contributed by atoms with van der Waals surface area (Å²) in [5, 5.41) is 7.42. The summed E-state index contributed by atoms with van der Waals surface area (Å²) in [6.45, 7) is 0.546. The van der Waals surface area contributed by atoms with Crippen LogP contribution in [0, 0.1) is 0 Å². The van der Waals surface area contributed by atoms with Gasteiger partial charge in [-0.3, -0.25) is 9.89 Å². The number of alkyl halides is 3. The molecule has 1 N–H and O–H groups in total. The highest BCUT2D eigenvalue weighted by Gasteiger charge is 2.31. The molecule has 1 aromatic heterocycles. The molecule has 150 valence electrons. The number of amides is 1. The van der Waals surface area contributed by atoms with Gasteiger partial charge < -0.3 is 9.64 Å². The monoisotopic (exact) mass is 401 g/mol. The number of H-pyrrole nitrogens is 1. The molecule has 8 heteroatoms. The lowest BCUT2D eigenvalue weighted by Gasteiger charge is -2.27. The highest BCUT2D eigenvalue weighted by molar-refractivity contribution is 5.78. The van der Waals surface area contributed by atoms with Gasteiger partial charge in [0.25, 0.3) is 5.91 Å². The molecule has 1 aliphatic rings. The highest BCUT2D eigenvalue weighted by Crippen LogP contribution is 2.31. The molecule has 0 fully saturated rings. The van der Waals surface area contributed by atoms with Crippen LogP contribution >= 0.6 is 0 Å². The first-order valence-corrected chi connectivity index (χ1v) is 9.11. The van der Waals surface area contributed by atoms with Crippen LogP contribution in [-0.4, -0.2) is 34.2 Å². The third kappa shape index (κ3) is 4.11. The quantitative estimate of drug-likeness (QED) is 0.717. The van der Waals surface area contributed by atoms with Crippen LogP contribution in [0.25, 0.3) is 11.3 Å². The van der Waals surface area contributed by atoms with E-state index in [0.717, 1.165) is 34.6 Å². The first-order valence-electron chi connectivity index (χ1n) is 9.11. The van der Waals surface area contributed by atoms with E-state index < -0.39 is 11.7 Å². The van der Waals surface area contributed by atoms with E-state index in [9.17, 15) is 18.0 Å². The maximum atomic E-state index is 12.8. The Kier molecular flexibility index (Phi) is 5.00. The Morgan fingerprint density at radius 3 is 2.69 bits per heavy atom. The maximum absolute atomic E-state index is 12.8. The van der Waals surface area contributed by atoms with Gasteiger partial charge in [0.05, 0.1) is 11.3 Å². The number of carbonyl (C=O) groups excluding carboxylic acids is 1. The summed E-state index contributed by atoms with van der Waals surface area (Å²) >= 11 is 0. The van der Waals surface area contributed by atoms with E-state index in [-0.39, 0.29) is 18.3 Å². The van der Waals surface area contributed by atoms with Crippen molar-refractivity contribution in [2.75, 3.05) is 13.2 Å². The first kappa shape index (κ1) is 19.0. The Morgan fingerprint density at radius 2 is 1.93 bits per heavy atom. The number of halogens is 3. The van der Waals surface area contributed by atoms with E-state index in [0.29, 0.717) is 19.5 Å². The van der Waals surface area contributed by atoms with E-state index in [2.05, 4.69) is 10.2 Å². The van der Waals surface area contributed by atoms with Gasteiger partial charge in [-0.25, -0.2) is 0 Å². The molecule has 1 aliphatic heterocycles. The number of nitrogens with zero attached hydrogens (tertiary/aromatic N) is 2. The lowest BCUT2D eigenvalue weighted by Crippen LogP contribution is -2.38. The Hall–Kier alpha value is -3.29. The number of hydrogen-bond acceptors (Lipinski definition) is 3. The zero-order valence-corrected chi connectivity index (χ0v) is 15.4. The fourth-order valence-corrected chi connectivity index (χ4v) is 3.34. The molecular weight excluding hydrogens is 383 g/mol. The van der Waals surface area contributed by atoms with Gasteiger partial charge in [0.15, 0.2) is 6.61 Å². The molecule has 1 amide bonds. The smallest absolute Gasteiger partial charge is 0.416 e. The lowest BCUT2D eigenvalue weighted by molar-refractivity contribution is -0.137. The maximum Gasteiger partial charge on any atom is 0.416 e. The molecule has 0 unspecified atom stereocenters. The molecule has 2 aromatic carbocycles. The van der Waals surface area contributed by atoms with Gasteiger partial charge >= 0.3 is 6.18 Å². The fourth-order valence-electron chi connectivity index (χ4n) is 3.34. The summed E-state index contributed by atoms with van der Waals surface area (Å²) in [7, 11) is 0. The third-order valence-electron chi connectivity index (χ3n) is 4.86. The van der Waals surface area contributed by atoms with Crippen LogP contribution in [0.5, 0.6) is 5.75 Å². The summed E-state index contributed by atoms with van der Waals surface area (Å²) in [5.41, 5.74) is 2.90. The minimum Gasteiger partial charge on any atom is -0.484 e. The van der Waals surface area contributed by atoms with Gasteiger partial charge in [-0.1, -0.05) is 36.4 Å². The average Bonchev–Trinajstić information content (AvgIpc) is 3.15. The molecule has 0 spiro atoms. The van der Waals surface area contributed by atoms with Crippen LogP contribution in [0.4, 0.5) is 13.2 Å². The van der Waals surface area contributed by atoms with Crippen molar-refractivity contribution in [1.29, 1.82) is 0 Å². The second-order valence-corrected chi connectivity index (χ2v) is 6.77. The number of aromatic amines is 1. The topological polar surface area (TPSA) is 58.2 Å². The molecule has 0 bridgehead atoms. The van der Waals surface area contributed by atoms with E-state index in [1.54, 1.807) is 4.90 Å². The first-order chi connectivity index (χ1) is 13.9. The molecule has 0 radical (unpaired) electrons. The normalized spacial score (nSPS) is 13.8. The number of hydrogen-bond donors (Lipinski definition) is 1. The van der Waals surface area contributed by atoms with Gasteiger partial charge in [-0.2, -0.15) is 18.3 Å². The van der Waals surface area contributed by atoms with Gasteiger partial charge in [0, 0.05) is 36.3 Å². The summed E-state index contributed by atoms with van der Waals surface area (Å²) in [6.07, 6.45) is -3.83. The summed E-state index contributed by atoms with van der Waals surface area (Å²) in [6, 6.07) is 14.2. The lowest BCUT2D eigenvalue weighted by atomic mass is 10.0. The molecule has 0 aliphatic carbocycles. The Labute approximate surface area is 165 Å². The van der Waals surface area contributed by atoms with Crippen LogP contribution in [0.2, 0.25) is 0 Å². The molecule has 2 heterocycles. The van der Waals surface area contributed by atoms with Crippen molar-refractivity contribution >= 4 is 5.91 Å². The Balaban J connectivity index is 1.44. The minimum absolute atomic E-state index is 0.0131. The van der Waals surface area contributed by atoms with Gasteiger partial charge in [0.1, 0.15) is 5.75 Å². The van der Waals surface area contributed by atoms with Gasteiger partial charge in [-0.15, -0.1) is 0 Å². The molecule has 0 saturated carbocycles. The minimum atomic E-state index is -4.46. The molecule has 0 atom stereocenters. The largest absolute Gasteiger partial charge is 0.484 e. The third-order valence-corrected chi connectivity index (χ3v) is 4.86. The summed E-state index contributed by atoms with van der Waals surface area (Å²) in [4.78, 5) is 14.2. The number of nitrogens with one attached hydrogen (secondary N) is 1. The predicted octanol–water partition coefficient (Wildman–Crippen LogP) is 4.06. The second-order valence-electron chi connectivity index (χ2n) is 6.77. The molecule has 29 heavy (non-hydrogen) atoms. The van der Waals surface area contributed by atoms with E-state index in [4.69, 9.17) is 4.74 Å². The number of aromatic nitrogens is 2. The molecule has 5 nitrogen and oxygen atoms in total. The van der Waals surface area contributed by atoms with Crippen LogP contribution in [0.15, 0.2) is 54.6 Å². The van der Waals surface area contributed by atoms with Crippen molar-refractivity contribution in [1.82, 2.24) is 15.1 Å². The van der Waals surface area contributed by atoms with E-state index >= 15 is 0 Å². The summed E-state index contributed by atoms with van der Waals surface area (Å²) in [5.74, 6) is -0.271. The number of ether oxygens (including phenoxy) is 1. The number of carbonyl (C=O) groups is 1. The van der Waals surface area contributed by atoms with Crippen molar-refractivity contribution in [2.24, 2.45) is 0 Å². The van der Waals surface area contributed by atoms with Gasteiger partial charge in [-0.05, 0) is 18.2 Å². The van der Waals surface area contributed by atoms with E-state index in [1.807, 2.05) is 30.3 Å². The molecule has 4 rings (SSSR count). The van der Waals surface area contributed by atoms with Crippen LogP contribution in [0.3, 0.4) is 0 Å². The molecule has 3 aromatic rings. The number of benzene rings is 2. The van der Waals surface area contributed by atoms with Crippen LogP contribution < -0.4 is 4.74 Å². The standard InChI is InChI=1S/C21H18F3N3O2/c22-21(23,24)15-7-4-8-16(11-15)29-13-19(28)27-10-9-18-17(12-27)20(26-25-18)14-5-2-1-3-6-14/h1-8,11H,9-10,12-13H2,(H,25,26). The van der Waals surface area contributed by atoms with Crippen LogP contribution in [0.1, 0.15) is 16.8 Å². The number of rotatable bonds is 4. The van der Waals surface area contributed by atoms with Crippen LogP contribution in [-0.2, 0) is 23.9 Å². The number of fused-ring (bicyclic) bond motifs is 1. The van der Waals surface area contributed by atoms with Crippen molar-refractivity contribution in [3.05, 3.63) is 71.4 Å². The van der Waals surface area contributed by atoms with Crippen molar-refractivity contribution < 1.29 is 22.7 Å². The fraction of sp³-hybridized carbons (Fsp3) is 0.238. The Morgan fingerprint density at radius 1 is 1.14 bits per heavy atom. The Bertz CT molecular complexity index is 1020. The zero-order valence-electron chi connectivity index (χ0n) is 15.4. The molecule has 0 saturated heterocycles.